The van der Waals surface area contributed by atoms with Gasteiger partial charge in [-0.3, -0.25) is 4.99 Å². The predicted octanol–water partition coefficient (Wildman–Crippen LogP) is 0.746. The molecule has 0 fully saturated rings. The van der Waals surface area contributed by atoms with Gasteiger partial charge in [-0.15, -0.1) is 0 Å². The van der Waals surface area contributed by atoms with Gasteiger partial charge < -0.3 is 5.32 Å². The second-order valence-electron chi connectivity index (χ2n) is 1.49. The molecule has 1 unspecified atom stereocenters. The summed E-state index contributed by atoms with van der Waals surface area (Å²) in [5.74, 6) is 0. The molecule has 0 spiro atoms. The van der Waals surface area contributed by atoms with Crippen LogP contribution >= 0.6 is 15.9 Å². The normalized spacial score (nSPS) is 24.0. The number of aliphatic imine (C=N–C) groups is 1. The standard InChI is InChI=1S/C5H4BrN3/c6-4-1-2-8-5(3-7)9-4/h1-2,5,9H. The monoisotopic (exact) mass is 185 g/mol. The Hall–Kier alpha value is -0.820. The zero-order valence-corrected chi connectivity index (χ0v) is 6.09. The molecule has 0 aromatic heterocycles. The van der Waals surface area contributed by atoms with Crippen molar-refractivity contribution < 1.29 is 0 Å². The van der Waals surface area contributed by atoms with E-state index in [1.807, 2.05) is 6.07 Å². The summed E-state index contributed by atoms with van der Waals surface area (Å²) in [5, 5.41) is 11.1. The van der Waals surface area contributed by atoms with Crippen LogP contribution in [0.25, 0.3) is 0 Å². The molecule has 1 aliphatic heterocycles. The molecule has 9 heavy (non-hydrogen) atoms. The lowest BCUT2D eigenvalue weighted by atomic mass is 10.5. The molecule has 1 aliphatic rings. The first kappa shape index (κ1) is 6.30. The van der Waals surface area contributed by atoms with Gasteiger partial charge >= 0.3 is 0 Å². The van der Waals surface area contributed by atoms with Gasteiger partial charge in [-0.2, -0.15) is 5.26 Å². The van der Waals surface area contributed by atoms with E-state index < -0.39 is 6.17 Å². The Kier molecular flexibility index (Phi) is 1.85. The Bertz CT molecular complexity index is 201. The second kappa shape index (κ2) is 2.65. The van der Waals surface area contributed by atoms with Gasteiger partial charge in [0.25, 0.3) is 0 Å². The van der Waals surface area contributed by atoms with E-state index in [0.717, 1.165) is 4.61 Å². The lowest BCUT2D eigenvalue weighted by Crippen LogP contribution is -2.25. The van der Waals surface area contributed by atoms with Gasteiger partial charge in [0.1, 0.15) is 6.07 Å². The van der Waals surface area contributed by atoms with Gasteiger partial charge in [-0.1, -0.05) is 0 Å². The number of allylic oxidation sites excluding steroid dienone is 1. The summed E-state index contributed by atoms with van der Waals surface area (Å²) in [6.07, 6.45) is 2.91. The highest BCUT2D eigenvalue weighted by atomic mass is 79.9. The van der Waals surface area contributed by atoms with Crippen molar-refractivity contribution in [3.05, 3.63) is 10.7 Å². The van der Waals surface area contributed by atoms with Gasteiger partial charge in [-0.25, -0.2) is 0 Å². The Morgan fingerprint density at radius 1 is 1.89 bits per heavy atom. The van der Waals surface area contributed by atoms with Crippen molar-refractivity contribution in [1.29, 1.82) is 5.26 Å². The van der Waals surface area contributed by atoms with E-state index in [-0.39, 0.29) is 0 Å². The van der Waals surface area contributed by atoms with E-state index in [1.165, 1.54) is 0 Å². The van der Waals surface area contributed by atoms with Gasteiger partial charge in [0.2, 0.25) is 6.17 Å². The van der Waals surface area contributed by atoms with Crippen LogP contribution in [0.1, 0.15) is 0 Å². The summed E-state index contributed by atoms with van der Waals surface area (Å²) in [5.41, 5.74) is 0. The Labute approximate surface area is 61.2 Å². The maximum Gasteiger partial charge on any atom is 0.207 e. The Morgan fingerprint density at radius 3 is 3.11 bits per heavy atom. The van der Waals surface area contributed by atoms with Crippen LogP contribution in [0.2, 0.25) is 0 Å². The molecule has 0 aromatic carbocycles. The molecule has 1 atom stereocenters. The van der Waals surface area contributed by atoms with Crippen LogP contribution in [-0.4, -0.2) is 12.4 Å². The van der Waals surface area contributed by atoms with Crippen LogP contribution < -0.4 is 5.32 Å². The fourth-order valence-electron chi connectivity index (χ4n) is 0.476. The molecule has 4 heteroatoms. The molecule has 0 bridgehead atoms. The number of halogens is 1. The van der Waals surface area contributed by atoms with Crippen molar-refractivity contribution >= 4 is 22.1 Å². The van der Waals surface area contributed by atoms with Crippen LogP contribution in [0.15, 0.2) is 15.7 Å². The molecular weight excluding hydrogens is 182 g/mol. The van der Waals surface area contributed by atoms with Crippen LogP contribution in [0.4, 0.5) is 0 Å². The van der Waals surface area contributed by atoms with E-state index >= 15 is 0 Å². The molecule has 0 saturated carbocycles. The Morgan fingerprint density at radius 2 is 2.67 bits per heavy atom. The topological polar surface area (TPSA) is 48.2 Å². The van der Waals surface area contributed by atoms with E-state index in [4.69, 9.17) is 5.26 Å². The van der Waals surface area contributed by atoms with E-state index in [2.05, 4.69) is 26.2 Å². The van der Waals surface area contributed by atoms with E-state index in [0.29, 0.717) is 0 Å². The van der Waals surface area contributed by atoms with Crippen molar-refractivity contribution in [2.75, 3.05) is 0 Å². The van der Waals surface area contributed by atoms with Gasteiger partial charge in [0.05, 0.1) is 4.61 Å². The average molecular weight is 186 g/mol. The van der Waals surface area contributed by atoms with Crippen LogP contribution in [0, 0.1) is 11.3 Å². The lowest BCUT2D eigenvalue weighted by molar-refractivity contribution is 0.739. The van der Waals surface area contributed by atoms with Crippen molar-refractivity contribution in [2.24, 2.45) is 4.99 Å². The molecule has 0 aliphatic carbocycles. The number of nitrogens with one attached hydrogen (secondary N) is 1. The van der Waals surface area contributed by atoms with Crippen LogP contribution in [0.5, 0.6) is 0 Å². The first-order valence-electron chi connectivity index (χ1n) is 2.38. The molecule has 1 heterocycles. The summed E-state index contributed by atoms with van der Waals surface area (Å²) in [7, 11) is 0. The third kappa shape index (κ3) is 1.54. The van der Waals surface area contributed by atoms with E-state index in [9.17, 15) is 0 Å². The zero-order valence-electron chi connectivity index (χ0n) is 4.50. The fraction of sp³-hybridized carbons (Fsp3) is 0.200. The van der Waals surface area contributed by atoms with Crippen molar-refractivity contribution in [3.8, 4) is 6.07 Å². The maximum absolute atomic E-state index is 8.33. The maximum atomic E-state index is 8.33. The molecule has 1 N–H and O–H groups in total. The Balaban J connectivity index is 2.64. The molecule has 0 radical (unpaired) electrons. The first-order chi connectivity index (χ1) is 4.33. The minimum Gasteiger partial charge on any atom is -0.346 e. The van der Waals surface area contributed by atoms with Gasteiger partial charge in [-0.05, 0) is 22.0 Å². The fourth-order valence-corrected chi connectivity index (χ4v) is 0.811. The minimum absolute atomic E-state index is 0.427. The largest absolute Gasteiger partial charge is 0.346 e. The number of nitriles is 1. The number of hydrogen-bond acceptors (Lipinski definition) is 3. The lowest BCUT2D eigenvalue weighted by Gasteiger charge is -2.09. The number of rotatable bonds is 0. The van der Waals surface area contributed by atoms with Crippen molar-refractivity contribution in [2.45, 2.75) is 6.17 Å². The van der Waals surface area contributed by atoms with Crippen molar-refractivity contribution in [1.82, 2.24) is 5.32 Å². The zero-order chi connectivity index (χ0) is 6.69. The quantitative estimate of drug-likeness (QED) is 0.567. The summed E-state index contributed by atoms with van der Waals surface area (Å²) in [4.78, 5) is 3.79. The van der Waals surface area contributed by atoms with Crippen molar-refractivity contribution in [3.63, 3.8) is 0 Å². The summed E-state index contributed by atoms with van der Waals surface area (Å²) < 4.78 is 0.795. The highest BCUT2D eigenvalue weighted by Crippen LogP contribution is 2.04. The van der Waals surface area contributed by atoms with Gasteiger partial charge in [0, 0.05) is 6.21 Å². The number of hydrogen-bond donors (Lipinski definition) is 1. The molecular formula is C5H4BrN3. The van der Waals surface area contributed by atoms with Crippen LogP contribution in [0.3, 0.4) is 0 Å². The summed E-state index contributed by atoms with van der Waals surface area (Å²) in [6, 6.07) is 1.95. The molecule has 0 saturated heterocycles. The summed E-state index contributed by atoms with van der Waals surface area (Å²) in [6.45, 7) is 0. The second-order valence-corrected chi connectivity index (χ2v) is 2.34. The number of nitrogens with zero attached hydrogens (tertiary/aromatic N) is 2. The molecule has 1 rings (SSSR count). The molecule has 0 aromatic rings. The molecule has 0 amide bonds. The predicted molar refractivity (Wildman–Crippen MR) is 38.0 cm³/mol. The van der Waals surface area contributed by atoms with Crippen LogP contribution in [-0.2, 0) is 0 Å². The highest BCUT2D eigenvalue weighted by molar-refractivity contribution is 9.11. The smallest absolute Gasteiger partial charge is 0.207 e. The highest BCUT2D eigenvalue weighted by Gasteiger charge is 2.05. The SMILES string of the molecule is N#CC1N=CC=C(Br)N1. The minimum atomic E-state index is -0.427. The first-order valence-corrected chi connectivity index (χ1v) is 3.17. The van der Waals surface area contributed by atoms with Gasteiger partial charge in [0.15, 0.2) is 0 Å². The molecule has 46 valence electrons. The average Bonchev–Trinajstić information content (AvgIpc) is 1.88. The third-order valence-corrected chi connectivity index (χ3v) is 1.35. The third-order valence-electron chi connectivity index (χ3n) is 0.853. The summed E-state index contributed by atoms with van der Waals surface area (Å²) >= 11 is 3.18. The van der Waals surface area contributed by atoms with E-state index in [1.54, 1.807) is 12.3 Å². The molecule has 3 nitrogen and oxygen atoms in total.